The molecule has 0 saturated carbocycles. The average Bonchev–Trinajstić information content (AvgIpc) is 3.29. The molecule has 0 radical (unpaired) electrons. The second-order valence-corrected chi connectivity index (χ2v) is 8.11. The van der Waals surface area contributed by atoms with Gasteiger partial charge in [0.1, 0.15) is 11.6 Å². The lowest BCUT2D eigenvalue weighted by molar-refractivity contribution is 0.122. The predicted molar refractivity (Wildman–Crippen MR) is 119 cm³/mol. The fourth-order valence-electron chi connectivity index (χ4n) is 4.03. The van der Waals surface area contributed by atoms with E-state index in [0.29, 0.717) is 11.1 Å². The molecule has 5 rings (SSSR count). The zero-order valence-corrected chi connectivity index (χ0v) is 17.7. The van der Waals surface area contributed by atoms with Gasteiger partial charge in [0.05, 0.1) is 30.4 Å². The van der Waals surface area contributed by atoms with Gasteiger partial charge in [-0.1, -0.05) is 11.6 Å². The first-order valence-corrected chi connectivity index (χ1v) is 10.6. The number of hydrogen-bond acceptors (Lipinski definition) is 8. The molecule has 2 aliphatic rings. The highest BCUT2D eigenvalue weighted by Crippen LogP contribution is 2.26. The van der Waals surface area contributed by atoms with Crippen molar-refractivity contribution in [2.45, 2.75) is 12.5 Å². The summed E-state index contributed by atoms with van der Waals surface area (Å²) in [5, 5.41) is 0.675. The van der Waals surface area contributed by atoms with Crippen LogP contribution in [0, 0.1) is 0 Å². The van der Waals surface area contributed by atoms with Gasteiger partial charge >= 0.3 is 0 Å². The predicted octanol–water partition coefficient (Wildman–Crippen LogP) is 2.62. The number of ether oxygens (including phenoxy) is 1. The van der Waals surface area contributed by atoms with E-state index < -0.39 is 0 Å². The van der Waals surface area contributed by atoms with Crippen molar-refractivity contribution >= 4 is 40.2 Å². The number of fused-ring (bicyclic) bond motifs is 1. The number of rotatable bonds is 4. The fourth-order valence-corrected chi connectivity index (χ4v) is 4.20. The molecule has 0 spiro atoms. The molecular weight excluding hydrogens is 402 g/mol. The van der Waals surface area contributed by atoms with Crippen LogP contribution in [0.1, 0.15) is 6.42 Å². The number of benzene rings is 1. The first kappa shape index (κ1) is 19.3. The van der Waals surface area contributed by atoms with Crippen LogP contribution in [0.3, 0.4) is 0 Å². The van der Waals surface area contributed by atoms with Crippen molar-refractivity contribution in [1.82, 2.24) is 19.9 Å². The molecule has 2 saturated heterocycles. The summed E-state index contributed by atoms with van der Waals surface area (Å²) in [6.07, 6.45) is 4.71. The minimum Gasteiger partial charge on any atom is -0.378 e. The van der Waals surface area contributed by atoms with Crippen LogP contribution in [0.25, 0.3) is 11.0 Å². The van der Waals surface area contributed by atoms with E-state index in [4.69, 9.17) is 26.3 Å². The number of anilines is 3. The molecule has 2 aromatic heterocycles. The van der Waals surface area contributed by atoms with Crippen molar-refractivity contribution in [3.8, 4) is 0 Å². The van der Waals surface area contributed by atoms with Gasteiger partial charge in [-0.2, -0.15) is 4.98 Å². The lowest BCUT2D eigenvalue weighted by Gasteiger charge is -2.29. The average molecular weight is 426 g/mol. The number of halogens is 1. The first-order valence-electron chi connectivity index (χ1n) is 10.2. The van der Waals surface area contributed by atoms with E-state index in [-0.39, 0.29) is 0 Å². The van der Waals surface area contributed by atoms with Gasteiger partial charge in [-0.15, -0.1) is 0 Å². The molecule has 9 heteroatoms. The molecule has 8 nitrogen and oxygen atoms in total. The van der Waals surface area contributed by atoms with E-state index in [2.05, 4.69) is 31.7 Å². The largest absolute Gasteiger partial charge is 0.378 e. The van der Waals surface area contributed by atoms with E-state index >= 15 is 0 Å². The molecule has 0 bridgehead atoms. The topological polar surface area (TPSA) is 70.5 Å². The van der Waals surface area contributed by atoms with Crippen LogP contribution in [0.15, 0.2) is 36.7 Å². The van der Waals surface area contributed by atoms with Crippen LogP contribution in [-0.4, -0.2) is 72.4 Å². The fraction of sp³-hybridized carbons (Fsp3) is 0.429. The van der Waals surface area contributed by atoms with Gasteiger partial charge < -0.3 is 19.4 Å². The summed E-state index contributed by atoms with van der Waals surface area (Å²) in [7, 11) is 2.10. The zero-order chi connectivity index (χ0) is 20.5. The summed E-state index contributed by atoms with van der Waals surface area (Å²) in [6.45, 7) is 4.91. The second-order valence-electron chi connectivity index (χ2n) is 7.67. The highest BCUT2D eigenvalue weighted by molar-refractivity contribution is 6.31. The van der Waals surface area contributed by atoms with E-state index in [1.165, 1.54) is 0 Å². The van der Waals surface area contributed by atoms with Gasteiger partial charge in [0.25, 0.3) is 0 Å². The van der Waals surface area contributed by atoms with Gasteiger partial charge in [-0.25, -0.2) is 9.97 Å². The molecule has 2 fully saturated rings. The Morgan fingerprint density at radius 2 is 1.90 bits per heavy atom. The molecule has 0 N–H and O–H groups in total. The molecule has 0 amide bonds. The lowest BCUT2D eigenvalue weighted by Crippen LogP contribution is -2.38. The second kappa shape index (κ2) is 8.20. The highest BCUT2D eigenvalue weighted by Gasteiger charge is 2.28. The monoisotopic (exact) mass is 425 g/mol. The molecule has 1 aromatic carbocycles. The van der Waals surface area contributed by atoms with Crippen LogP contribution in [0.4, 0.5) is 17.6 Å². The number of aromatic nitrogens is 4. The summed E-state index contributed by atoms with van der Waals surface area (Å²) in [5.74, 6) is 2.62. The minimum absolute atomic E-state index is 0.347. The van der Waals surface area contributed by atoms with E-state index in [0.717, 1.165) is 74.4 Å². The van der Waals surface area contributed by atoms with Gasteiger partial charge in [0, 0.05) is 50.5 Å². The van der Waals surface area contributed by atoms with Crippen molar-refractivity contribution in [1.29, 1.82) is 0 Å². The van der Waals surface area contributed by atoms with Crippen LogP contribution in [-0.2, 0) is 4.74 Å². The molecular formula is C21H24ClN7O. The minimum atomic E-state index is 0.347. The molecule has 1 unspecified atom stereocenters. The Bertz CT molecular complexity index is 1040. The van der Waals surface area contributed by atoms with Gasteiger partial charge in [-0.05, 0) is 30.7 Å². The van der Waals surface area contributed by atoms with E-state index in [1.54, 1.807) is 0 Å². The zero-order valence-electron chi connectivity index (χ0n) is 16.9. The summed E-state index contributed by atoms with van der Waals surface area (Å²) in [4.78, 5) is 25.3. The van der Waals surface area contributed by atoms with Crippen molar-refractivity contribution in [3.63, 3.8) is 0 Å². The van der Waals surface area contributed by atoms with Gasteiger partial charge in [-0.3, -0.25) is 4.98 Å². The Morgan fingerprint density at radius 1 is 1.03 bits per heavy atom. The maximum atomic E-state index is 6.06. The third kappa shape index (κ3) is 3.85. The number of morpholine rings is 1. The highest BCUT2D eigenvalue weighted by atomic mass is 35.5. The molecule has 2 aliphatic heterocycles. The third-order valence-corrected chi connectivity index (χ3v) is 6.05. The van der Waals surface area contributed by atoms with Gasteiger partial charge in [0.2, 0.25) is 5.95 Å². The Balaban J connectivity index is 1.30. The molecule has 156 valence electrons. The lowest BCUT2D eigenvalue weighted by atomic mass is 10.2. The Morgan fingerprint density at radius 3 is 2.77 bits per heavy atom. The summed E-state index contributed by atoms with van der Waals surface area (Å²) in [6, 6.07) is 7.94. The number of hydrogen-bond donors (Lipinski definition) is 0. The number of nitrogens with zero attached hydrogens (tertiary/aromatic N) is 7. The van der Waals surface area contributed by atoms with E-state index in [9.17, 15) is 0 Å². The Kier molecular flexibility index (Phi) is 5.26. The summed E-state index contributed by atoms with van der Waals surface area (Å²) < 4.78 is 5.44. The maximum Gasteiger partial charge on any atom is 0.227 e. The van der Waals surface area contributed by atoms with Crippen molar-refractivity contribution in [3.05, 3.63) is 41.7 Å². The molecule has 30 heavy (non-hydrogen) atoms. The third-order valence-electron chi connectivity index (χ3n) is 5.81. The Hall–Kier alpha value is -2.71. The summed E-state index contributed by atoms with van der Waals surface area (Å²) in [5.41, 5.74) is 1.68. The molecule has 0 aliphatic carbocycles. The summed E-state index contributed by atoms with van der Waals surface area (Å²) >= 11 is 6.06. The first-order chi connectivity index (χ1) is 14.7. The van der Waals surface area contributed by atoms with Crippen LogP contribution >= 0.6 is 11.6 Å². The van der Waals surface area contributed by atoms with Crippen LogP contribution < -0.4 is 14.7 Å². The van der Waals surface area contributed by atoms with Crippen molar-refractivity contribution < 1.29 is 4.74 Å². The standard InChI is InChI=1S/C21H24ClN7O/c1-27(19-4-6-23-21(26-19)28-8-10-30-11-9-28)16-5-7-29(14-16)20-13-24-18-12-15(22)2-3-17(18)25-20/h2-4,6,12-13,16H,5,7-11,14H2,1H3. The normalized spacial score (nSPS) is 19.5. The molecule has 1 atom stereocenters. The molecule has 3 aromatic rings. The van der Waals surface area contributed by atoms with Crippen molar-refractivity contribution in [2.75, 3.05) is 61.1 Å². The smallest absolute Gasteiger partial charge is 0.227 e. The maximum absolute atomic E-state index is 6.06. The quantitative estimate of drug-likeness (QED) is 0.631. The van der Waals surface area contributed by atoms with Gasteiger partial charge in [0.15, 0.2) is 0 Å². The SMILES string of the molecule is CN(c1ccnc(N2CCOCC2)n1)C1CCN(c2cnc3cc(Cl)ccc3n2)C1. The van der Waals surface area contributed by atoms with Crippen LogP contribution in [0.2, 0.25) is 5.02 Å². The molecule has 4 heterocycles. The Labute approximate surface area is 180 Å². The van der Waals surface area contributed by atoms with E-state index in [1.807, 2.05) is 36.7 Å². The number of likely N-dealkylation sites (N-methyl/N-ethyl adjacent to an activating group) is 1. The van der Waals surface area contributed by atoms with Crippen molar-refractivity contribution in [2.24, 2.45) is 0 Å². The van der Waals surface area contributed by atoms with Crippen LogP contribution in [0.5, 0.6) is 0 Å².